The Labute approximate surface area is 115 Å². The van der Waals surface area contributed by atoms with E-state index >= 15 is 0 Å². The van der Waals surface area contributed by atoms with Crippen LogP contribution in [0.4, 0.5) is 0 Å². The molecule has 18 heavy (non-hydrogen) atoms. The summed E-state index contributed by atoms with van der Waals surface area (Å²) in [6.45, 7) is 1.83. The average molecular weight is 339 g/mol. The van der Waals surface area contributed by atoms with Crippen molar-refractivity contribution < 1.29 is 23.5 Å². The molecular formula is C11H16BrO5P. The van der Waals surface area contributed by atoms with Gasteiger partial charge in [0.15, 0.2) is 11.5 Å². The maximum atomic E-state index is 11.9. The van der Waals surface area contributed by atoms with Crippen molar-refractivity contribution >= 4 is 23.5 Å². The molecule has 1 aromatic rings. The van der Waals surface area contributed by atoms with Crippen LogP contribution in [-0.4, -0.2) is 25.7 Å². The molecule has 5 nitrogen and oxygen atoms in total. The van der Waals surface area contributed by atoms with Gasteiger partial charge in [-0.1, -0.05) is 22.0 Å². The maximum Gasteiger partial charge on any atom is 0.346 e. The molecule has 7 heteroatoms. The van der Waals surface area contributed by atoms with E-state index in [0.29, 0.717) is 17.1 Å². The number of benzene rings is 1. The number of rotatable bonds is 6. The predicted molar refractivity (Wildman–Crippen MR) is 72.7 cm³/mol. The molecule has 0 aliphatic heterocycles. The molecule has 0 radical (unpaired) electrons. The third-order valence-corrected chi connectivity index (χ3v) is 5.86. The molecule has 2 unspecified atom stereocenters. The average Bonchev–Trinajstić information content (AvgIpc) is 2.36. The molecule has 0 fully saturated rings. The Morgan fingerprint density at radius 2 is 1.94 bits per heavy atom. The summed E-state index contributed by atoms with van der Waals surface area (Å²) >= 11 is 3.18. The van der Waals surface area contributed by atoms with Crippen LogP contribution in [0.3, 0.4) is 0 Å². The second-order valence-corrected chi connectivity index (χ2v) is 6.96. The SMILES string of the molecule is CCOP(=O)(O)C(Br)c1ccc(OC)c(OC)c1. The second-order valence-electron chi connectivity index (χ2n) is 3.43. The van der Waals surface area contributed by atoms with Crippen LogP contribution in [0.2, 0.25) is 0 Å². The molecule has 1 rings (SSSR count). The fourth-order valence-electron chi connectivity index (χ4n) is 1.44. The molecule has 0 aromatic heterocycles. The Morgan fingerprint density at radius 3 is 2.44 bits per heavy atom. The van der Waals surface area contributed by atoms with Crippen LogP contribution >= 0.6 is 23.5 Å². The van der Waals surface area contributed by atoms with Gasteiger partial charge in [0, 0.05) is 0 Å². The third kappa shape index (κ3) is 3.48. The lowest BCUT2D eigenvalue weighted by molar-refractivity contribution is 0.272. The van der Waals surface area contributed by atoms with Crippen LogP contribution < -0.4 is 9.47 Å². The fraction of sp³-hybridized carbons (Fsp3) is 0.455. The first-order chi connectivity index (χ1) is 8.46. The van der Waals surface area contributed by atoms with E-state index in [2.05, 4.69) is 15.9 Å². The molecule has 2 atom stereocenters. The number of methoxy groups -OCH3 is 2. The first-order valence-corrected chi connectivity index (χ1v) is 7.85. The highest BCUT2D eigenvalue weighted by Gasteiger charge is 2.31. The van der Waals surface area contributed by atoms with Crippen molar-refractivity contribution in [3.05, 3.63) is 23.8 Å². The summed E-state index contributed by atoms with van der Waals surface area (Å²) in [4.78, 5) is 9.74. The molecule has 0 saturated heterocycles. The van der Waals surface area contributed by atoms with E-state index in [4.69, 9.17) is 14.0 Å². The van der Waals surface area contributed by atoms with Crippen LogP contribution in [0.5, 0.6) is 11.5 Å². The van der Waals surface area contributed by atoms with Crippen molar-refractivity contribution in [3.8, 4) is 11.5 Å². The number of halogens is 1. The predicted octanol–water partition coefficient (Wildman–Crippen LogP) is 3.32. The van der Waals surface area contributed by atoms with Crippen LogP contribution in [0, 0.1) is 0 Å². The summed E-state index contributed by atoms with van der Waals surface area (Å²) < 4.78 is 26.2. The Balaban J connectivity index is 3.07. The van der Waals surface area contributed by atoms with Crippen LogP contribution in [0.25, 0.3) is 0 Å². The van der Waals surface area contributed by atoms with Gasteiger partial charge in [0.2, 0.25) is 0 Å². The van der Waals surface area contributed by atoms with E-state index in [1.54, 1.807) is 25.1 Å². The standard InChI is InChI=1S/C11H16BrO5P/c1-4-17-18(13,14)11(12)8-5-6-9(15-2)10(7-8)16-3/h5-7,11H,4H2,1-3H3,(H,13,14). The number of alkyl halides is 1. The van der Waals surface area contributed by atoms with Gasteiger partial charge in [-0.25, -0.2) is 0 Å². The van der Waals surface area contributed by atoms with E-state index in [-0.39, 0.29) is 6.61 Å². The van der Waals surface area contributed by atoms with E-state index in [9.17, 15) is 9.46 Å². The largest absolute Gasteiger partial charge is 0.493 e. The number of hydrogen-bond donors (Lipinski definition) is 1. The molecule has 0 amide bonds. The van der Waals surface area contributed by atoms with Crippen molar-refractivity contribution in [2.75, 3.05) is 20.8 Å². The lowest BCUT2D eigenvalue weighted by Gasteiger charge is -2.18. The Kier molecular flexibility index (Phi) is 5.66. The maximum absolute atomic E-state index is 11.9. The molecule has 0 aliphatic carbocycles. The van der Waals surface area contributed by atoms with Crippen molar-refractivity contribution in [2.45, 2.75) is 11.5 Å². The molecular weight excluding hydrogens is 323 g/mol. The van der Waals surface area contributed by atoms with Gasteiger partial charge in [-0.2, -0.15) is 0 Å². The van der Waals surface area contributed by atoms with Gasteiger partial charge >= 0.3 is 7.60 Å². The molecule has 0 bridgehead atoms. The lowest BCUT2D eigenvalue weighted by Crippen LogP contribution is -1.98. The summed E-state index contributed by atoms with van der Waals surface area (Å²) in [5.41, 5.74) is 0.590. The molecule has 0 spiro atoms. The zero-order valence-electron chi connectivity index (χ0n) is 10.4. The topological polar surface area (TPSA) is 65.0 Å². The van der Waals surface area contributed by atoms with Crippen molar-refractivity contribution in [3.63, 3.8) is 0 Å². The Bertz CT molecular complexity index is 451. The van der Waals surface area contributed by atoms with Crippen LogP contribution in [0.15, 0.2) is 18.2 Å². The highest BCUT2D eigenvalue weighted by atomic mass is 79.9. The Morgan fingerprint density at radius 1 is 1.33 bits per heavy atom. The van der Waals surface area contributed by atoms with E-state index in [0.717, 1.165) is 0 Å². The molecule has 0 heterocycles. The minimum atomic E-state index is -3.74. The first-order valence-electron chi connectivity index (χ1n) is 5.29. The van der Waals surface area contributed by atoms with Gasteiger partial charge in [-0.3, -0.25) is 4.57 Å². The van der Waals surface area contributed by atoms with Crippen molar-refractivity contribution in [1.29, 1.82) is 0 Å². The van der Waals surface area contributed by atoms with Crippen molar-refractivity contribution in [2.24, 2.45) is 0 Å². The lowest BCUT2D eigenvalue weighted by atomic mass is 10.2. The highest BCUT2D eigenvalue weighted by Crippen LogP contribution is 2.60. The summed E-state index contributed by atoms with van der Waals surface area (Å²) in [6, 6.07) is 5.00. The zero-order valence-corrected chi connectivity index (χ0v) is 12.9. The quantitative estimate of drug-likeness (QED) is 0.636. The van der Waals surface area contributed by atoms with Crippen LogP contribution in [-0.2, 0) is 9.09 Å². The van der Waals surface area contributed by atoms with E-state index < -0.39 is 12.2 Å². The van der Waals surface area contributed by atoms with Gasteiger partial charge in [0.05, 0.1) is 20.8 Å². The minimum Gasteiger partial charge on any atom is -0.493 e. The van der Waals surface area contributed by atoms with Gasteiger partial charge in [-0.15, -0.1) is 0 Å². The molecule has 0 aliphatic rings. The fourth-order valence-corrected chi connectivity index (χ4v) is 3.12. The normalized spacial score (nSPS) is 15.8. The smallest absolute Gasteiger partial charge is 0.346 e. The van der Waals surface area contributed by atoms with Gasteiger partial charge < -0.3 is 18.9 Å². The van der Waals surface area contributed by atoms with Gasteiger partial charge in [-0.05, 0) is 24.6 Å². The number of hydrogen-bond acceptors (Lipinski definition) is 4. The van der Waals surface area contributed by atoms with Crippen molar-refractivity contribution in [1.82, 2.24) is 0 Å². The zero-order chi connectivity index (χ0) is 13.8. The monoisotopic (exact) mass is 338 g/mol. The third-order valence-electron chi connectivity index (χ3n) is 2.28. The summed E-state index contributed by atoms with van der Waals surface area (Å²) in [5, 5.41) is 0. The molecule has 0 saturated carbocycles. The highest BCUT2D eigenvalue weighted by molar-refractivity contribution is 9.10. The van der Waals surface area contributed by atoms with Gasteiger partial charge in [0.25, 0.3) is 0 Å². The first kappa shape index (κ1) is 15.5. The van der Waals surface area contributed by atoms with Crippen LogP contribution in [0.1, 0.15) is 17.1 Å². The number of ether oxygens (including phenoxy) is 2. The minimum absolute atomic E-state index is 0.170. The summed E-state index contributed by atoms with van der Waals surface area (Å²) in [6.07, 6.45) is 0. The van der Waals surface area contributed by atoms with Gasteiger partial charge in [0.1, 0.15) is 4.57 Å². The van der Waals surface area contributed by atoms with E-state index in [1.165, 1.54) is 14.2 Å². The summed E-state index contributed by atoms with van der Waals surface area (Å²) in [7, 11) is -0.705. The molecule has 102 valence electrons. The second kappa shape index (κ2) is 6.57. The summed E-state index contributed by atoms with van der Waals surface area (Å²) in [5.74, 6) is 1.06. The molecule has 1 N–H and O–H groups in total. The Hall–Kier alpha value is -0.550. The van der Waals surface area contributed by atoms with E-state index in [1.807, 2.05) is 0 Å². The molecule has 1 aromatic carbocycles.